The molecule has 0 saturated carbocycles. The molecule has 1 rings (SSSR count). The van der Waals surface area contributed by atoms with E-state index in [-0.39, 0.29) is 0 Å². The molecule has 0 bridgehead atoms. The molecule has 17 heavy (non-hydrogen) atoms. The Morgan fingerprint density at radius 1 is 1.35 bits per heavy atom. The van der Waals surface area contributed by atoms with Gasteiger partial charge in [-0.15, -0.1) is 0 Å². The van der Waals surface area contributed by atoms with Crippen molar-refractivity contribution >= 4 is 15.9 Å². The molecule has 0 heterocycles. The highest BCUT2D eigenvalue weighted by Gasteiger charge is 2.08. The Morgan fingerprint density at radius 2 is 2.12 bits per heavy atom. The summed E-state index contributed by atoms with van der Waals surface area (Å²) >= 11 is 3.53. The number of hydrogen-bond acceptors (Lipinski definition) is 2. The van der Waals surface area contributed by atoms with Crippen LogP contribution in [0.5, 0.6) is 0 Å². The lowest BCUT2D eigenvalue weighted by atomic mass is 10.0. The van der Waals surface area contributed by atoms with Gasteiger partial charge < -0.3 is 10.2 Å². The van der Waals surface area contributed by atoms with Crippen LogP contribution in [0.2, 0.25) is 0 Å². The van der Waals surface area contributed by atoms with Gasteiger partial charge in [-0.1, -0.05) is 35.0 Å². The van der Waals surface area contributed by atoms with Crippen LogP contribution >= 0.6 is 15.9 Å². The zero-order chi connectivity index (χ0) is 12.7. The van der Waals surface area contributed by atoms with Crippen LogP contribution in [0, 0.1) is 0 Å². The quantitative estimate of drug-likeness (QED) is 0.776. The lowest BCUT2D eigenvalue weighted by Gasteiger charge is -2.18. The van der Waals surface area contributed by atoms with Crippen molar-refractivity contribution in [2.24, 2.45) is 0 Å². The maximum atomic E-state index is 3.62. The van der Waals surface area contributed by atoms with E-state index in [1.54, 1.807) is 0 Å². The van der Waals surface area contributed by atoms with E-state index < -0.39 is 0 Å². The predicted octanol–water partition coefficient (Wildman–Crippen LogP) is 3.44. The number of nitrogens with one attached hydrogen (secondary N) is 1. The Hall–Kier alpha value is -0.380. The second-order valence-electron chi connectivity index (χ2n) is 4.63. The molecule has 96 valence electrons. The summed E-state index contributed by atoms with van der Waals surface area (Å²) in [5, 5.41) is 3.62. The van der Waals surface area contributed by atoms with Gasteiger partial charge >= 0.3 is 0 Å². The predicted molar refractivity (Wildman–Crippen MR) is 78.3 cm³/mol. The molecule has 0 aliphatic carbocycles. The fourth-order valence-corrected chi connectivity index (χ4v) is 2.31. The van der Waals surface area contributed by atoms with Crippen LogP contribution in [-0.4, -0.2) is 32.1 Å². The van der Waals surface area contributed by atoms with E-state index in [2.05, 4.69) is 71.4 Å². The molecule has 0 saturated heterocycles. The molecule has 0 aromatic heterocycles. The maximum Gasteiger partial charge on any atom is 0.0318 e. The van der Waals surface area contributed by atoms with E-state index >= 15 is 0 Å². The van der Waals surface area contributed by atoms with E-state index in [9.17, 15) is 0 Å². The Labute approximate surface area is 114 Å². The van der Waals surface area contributed by atoms with E-state index in [1.165, 1.54) is 12.0 Å². The summed E-state index contributed by atoms with van der Waals surface area (Å²) in [6.45, 7) is 4.44. The molecule has 0 aliphatic heterocycles. The fourth-order valence-electron chi connectivity index (χ4n) is 1.89. The summed E-state index contributed by atoms with van der Waals surface area (Å²) in [6, 6.07) is 9.03. The topological polar surface area (TPSA) is 15.3 Å². The first-order valence-electron chi connectivity index (χ1n) is 6.27. The lowest BCUT2D eigenvalue weighted by Crippen LogP contribution is -2.25. The van der Waals surface area contributed by atoms with Gasteiger partial charge in [-0.05, 0) is 57.7 Å². The van der Waals surface area contributed by atoms with Gasteiger partial charge in [0.05, 0.1) is 0 Å². The first-order valence-corrected chi connectivity index (χ1v) is 7.06. The first kappa shape index (κ1) is 14.7. The Bertz CT molecular complexity index is 326. The second-order valence-corrected chi connectivity index (χ2v) is 5.54. The number of nitrogens with zero attached hydrogens (tertiary/aromatic N) is 1. The van der Waals surface area contributed by atoms with Crippen molar-refractivity contribution in [3.8, 4) is 0 Å². The van der Waals surface area contributed by atoms with Crippen LogP contribution < -0.4 is 5.32 Å². The van der Waals surface area contributed by atoms with Gasteiger partial charge in [-0.25, -0.2) is 0 Å². The monoisotopic (exact) mass is 298 g/mol. The summed E-state index contributed by atoms with van der Waals surface area (Å²) in [5.74, 6) is 0. The Kier molecular flexibility index (Phi) is 6.78. The standard InChI is InChI=1S/C14H23BrN2/c1-4-14(16-9-6-10-17(2)3)12-7-5-8-13(15)11-12/h5,7-8,11,14,16H,4,6,9-10H2,1-3H3. The highest BCUT2D eigenvalue weighted by atomic mass is 79.9. The molecule has 0 amide bonds. The molecule has 1 atom stereocenters. The third-order valence-electron chi connectivity index (χ3n) is 2.83. The molecule has 0 fully saturated rings. The third kappa shape index (κ3) is 5.66. The number of benzene rings is 1. The summed E-state index contributed by atoms with van der Waals surface area (Å²) in [6.07, 6.45) is 2.32. The van der Waals surface area contributed by atoms with Crippen molar-refractivity contribution in [3.05, 3.63) is 34.3 Å². The minimum absolute atomic E-state index is 0.467. The van der Waals surface area contributed by atoms with Crippen molar-refractivity contribution in [2.75, 3.05) is 27.2 Å². The van der Waals surface area contributed by atoms with Crippen molar-refractivity contribution in [3.63, 3.8) is 0 Å². The molecular weight excluding hydrogens is 276 g/mol. The highest BCUT2D eigenvalue weighted by molar-refractivity contribution is 9.10. The average molecular weight is 299 g/mol. The molecule has 1 unspecified atom stereocenters. The highest BCUT2D eigenvalue weighted by Crippen LogP contribution is 2.20. The van der Waals surface area contributed by atoms with Gasteiger partial charge in [0.25, 0.3) is 0 Å². The minimum atomic E-state index is 0.467. The van der Waals surface area contributed by atoms with Gasteiger partial charge in [0.15, 0.2) is 0 Å². The van der Waals surface area contributed by atoms with Gasteiger partial charge in [0.1, 0.15) is 0 Å². The number of halogens is 1. The Balaban J connectivity index is 2.43. The normalized spacial score (nSPS) is 13.0. The molecule has 2 nitrogen and oxygen atoms in total. The molecule has 1 aromatic carbocycles. The average Bonchev–Trinajstić information content (AvgIpc) is 2.29. The largest absolute Gasteiger partial charge is 0.310 e. The zero-order valence-electron chi connectivity index (χ0n) is 11.0. The molecule has 0 radical (unpaired) electrons. The van der Waals surface area contributed by atoms with Crippen molar-refractivity contribution in [1.29, 1.82) is 0 Å². The lowest BCUT2D eigenvalue weighted by molar-refractivity contribution is 0.385. The third-order valence-corrected chi connectivity index (χ3v) is 3.33. The van der Waals surface area contributed by atoms with E-state index in [1.807, 2.05) is 0 Å². The van der Waals surface area contributed by atoms with Gasteiger partial charge in [-0.3, -0.25) is 0 Å². The van der Waals surface area contributed by atoms with Crippen LogP contribution in [0.4, 0.5) is 0 Å². The summed E-state index contributed by atoms with van der Waals surface area (Å²) in [5.41, 5.74) is 1.37. The van der Waals surface area contributed by atoms with Crippen molar-refractivity contribution < 1.29 is 0 Å². The van der Waals surface area contributed by atoms with E-state index in [0.29, 0.717) is 6.04 Å². The molecule has 0 aliphatic rings. The van der Waals surface area contributed by atoms with Crippen LogP contribution in [0.3, 0.4) is 0 Å². The molecule has 1 N–H and O–H groups in total. The Morgan fingerprint density at radius 3 is 2.71 bits per heavy atom. The van der Waals surface area contributed by atoms with Gasteiger partial charge in [-0.2, -0.15) is 0 Å². The van der Waals surface area contributed by atoms with E-state index in [0.717, 1.165) is 24.0 Å². The number of hydrogen-bond donors (Lipinski definition) is 1. The first-order chi connectivity index (χ1) is 8.13. The van der Waals surface area contributed by atoms with Crippen LogP contribution in [-0.2, 0) is 0 Å². The van der Waals surface area contributed by atoms with Crippen molar-refractivity contribution in [1.82, 2.24) is 10.2 Å². The van der Waals surface area contributed by atoms with Crippen molar-refractivity contribution in [2.45, 2.75) is 25.8 Å². The molecule has 3 heteroatoms. The van der Waals surface area contributed by atoms with Crippen LogP contribution in [0.1, 0.15) is 31.4 Å². The smallest absolute Gasteiger partial charge is 0.0318 e. The van der Waals surface area contributed by atoms with E-state index in [4.69, 9.17) is 0 Å². The van der Waals surface area contributed by atoms with Gasteiger partial charge in [0, 0.05) is 10.5 Å². The maximum absolute atomic E-state index is 3.62. The minimum Gasteiger partial charge on any atom is -0.310 e. The molecule has 0 spiro atoms. The summed E-state index contributed by atoms with van der Waals surface area (Å²) < 4.78 is 1.16. The second kappa shape index (κ2) is 7.85. The summed E-state index contributed by atoms with van der Waals surface area (Å²) in [7, 11) is 4.23. The SMILES string of the molecule is CCC(NCCCN(C)C)c1cccc(Br)c1. The fraction of sp³-hybridized carbons (Fsp3) is 0.571. The zero-order valence-corrected chi connectivity index (χ0v) is 12.6. The molecular formula is C14H23BrN2. The van der Waals surface area contributed by atoms with Crippen LogP contribution in [0.25, 0.3) is 0 Å². The van der Waals surface area contributed by atoms with Gasteiger partial charge in [0.2, 0.25) is 0 Å². The summed E-state index contributed by atoms with van der Waals surface area (Å²) in [4.78, 5) is 2.22. The molecule has 1 aromatic rings. The van der Waals surface area contributed by atoms with Crippen LogP contribution in [0.15, 0.2) is 28.7 Å². The number of rotatable bonds is 7.